The minimum atomic E-state index is 0.290. The van der Waals surface area contributed by atoms with E-state index in [-0.39, 0.29) is 0 Å². The summed E-state index contributed by atoms with van der Waals surface area (Å²) in [5.41, 5.74) is 0.580. The summed E-state index contributed by atoms with van der Waals surface area (Å²) in [5.74, 6) is 6.97. The molecule has 140 valence electrons. The lowest BCUT2D eigenvalue weighted by Crippen LogP contribution is -2.63. The molecule has 0 spiro atoms. The van der Waals surface area contributed by atoms with Crippen molar-refractivity contribution in [1.82, 2.24) is 0 Å². The van der Waals surface area contributed by atoms with Gasteiger partial charge in [0.25, 0.3) is 0 Å². The van der Waals surface area contributed by atoms with Crippen LogP contribution in [-0.4, -0.2) is 24.0 Å². The van der Waals surface area contributed by atoms with Gasteiger partial charge in [0.1, 0.15) is 0 Å². The van der Waals surface area contributed by atoms with Crippen molar-refractivity contribution in [2.45, 2.75) is 76.4 Å². The normalized spacial score (nSPS) is 61.2. The third kappa shape index (κ3) is 2.24. The summed E-state index contributed by atoms with van der Waals surface area (Å²) in [7, 11) is 0. The highest BCUT2D eigenvalue weighted by Crippen LogP contribution is 2.65. The van der Waals surface area contributed by atoms with Gasteiger partial charge in [-0.15, -0.1) is 23.2 Å². The van der Waals surface area contributed by atoms with Gasteiger partial charge in [0.15, 0.2) is 0 Å². The average Bonchev–Trinajstić information content (AvgIpc) is 2.59. The second-order valence-electron chi connectivity index (χ2n) is 11.2. The van der Waals surface area contributed by atoms with Gasteiger partial charge in [-0.1, -0.05) is 0 Å². The highest BCUT2D eigenvalue weighted by Gasteiger charge is 2.62. The van der Waals surface area contributed by atoms with Gasteiger partial charge in [-0.05, 0) is 99.7 Å². The molecule has 0 heterocycles. The fourth-order valence-electron chi connectivity index (χ4n) is 9.36. The SMILES string of the molecule is ClCC12CC3CC(CC(C3)C1OC1C3CC4CC(C3)CC1(CCl)C4)C2. The fraction of sp³-hybridized carbons (Fsp3) is 1.00. The molecule has 0 amide bonds. The Morgan fingerprint density at radius 2 is 0.960 bits per heavy atom. The molecule has 0 radical (unpaired) electrons. The Labute approximate surface area is 162 Å². The van der Waals surface area contributed by atoms with Gasteiger partial charge < -0.3 is 4.74 Å². The molecule has 0 aromatic rings. The van der Waals surface area contributed by atoms with Crippen LogP contribution in [0.5, 0.6) is 0 Å². The zero-order chi connectivity index (χ0) is 16.8. The van der Waals surface area contributed by atoms with Crippen molar-refractivity contribution >= 4 is 23.2 Å². The third-order valence-electron chi connectivity index (χ3n) is 9.55. The number of rotatable bonds is 4. The summed E-state index contributed by atoms with van der Waals surface area (Å²) in [5, 5.41) is 0. The number of halogens is 2. The Morgan fingerprint density at radius 3 is 1.28 bits per heavy atom. The Hall–Kier alpha value is 0.540. The van der Waals surface area contributed by atoms with Gasteiger partial charge in [0.05, 0.1) is 12.2 Å². The predicted octanol–water partition coefficient (Wildman–Crippen LogP) is 5.87. The van der Waals surface area contributed by atoms with Crippen molar-refractivity contribution in [3.8, 4) is 0 Å². The highest BCUT2D eigenvalue weighted by molar-refractivity contribution is 6.18. The maximum atomic E-state index is 7.22. The maximum absolute atomic E-state index is 7.22. The molecule has 8 saturated carbocycles. The van der Waals surface area contributed by atoms with Crippen LogP contribution in [0.15, 0.2) is 0 Å². The van der Waals surface area contributed by atoms with E-state index in [1.165, 1.54) is 64.2 Å². The lowest BCUT2D eigenvalue weighted by molar-refractivity contribution is -0.252. The summed E-state index contributed by atoms with van der Waals surface area (Å²) < 4.78 is 7.22. The predicted molar refractivity (Wildman–Crippen MR) is 102 cm³/mol. The molecule has 0 saturated heterocycles. The third-order valence-corrected chi connectivity index (χ3v) is 10.6. The van der Waals surface area contributed by atoms with E-state index < -0.39 is 0 Å². The van der Waals surface area contributed by atoms with Crippen LogP contribution in [0.1, 0.15) is 64.2 Å². The van der Waals surface area contributed by atoms with Gasteiger partial charge in [0.2, 0.25) is 0 Å². The molecule has 0 aromatic heterocycles. The van der Waals surface area contributed by atoms with Crippen molar-refractivity contribution in [2.75, 3.05) is 11.8 Å². The van der Waals surface area contributed by atoms with Crippen LogP contribution in [0.4, 0.5) is 0 Å². The van der Waals surface area contributed by atoms with Crippen LogP contribution < -0.4 is 0 Å². The van der Waals surface area contributed by atoms with E-state index >= 15 is 0 Å². The number of alkyl halides is 2. The Morgan fingerprint density at radius 1 is 0.600 bits per heavy atom. The molecule has 8 rings (SSSR count). The van der Waals surface area contributed by atoms with Crippen molar-refractivity contribution < 1.29 is 4.74 Å². The summed E-state index contributed by atoms with van der Waals surface area (Å²) in [6, 6.07) is 0. The molecule has 6 unspecified atom stereocenters. The van der Waals surface area contributed by atoms with Crippen LogP contribution in [0.25, 0.3) is 0 Å². The minimum Gasteiger partial charge on any atom is -0.373 e. The zero-order valence-corrected chi connectivity index (χ0v) is 16.8. The van der Waals surface area contributed by atoms with Gasteiger partial charge in [-0.2, -0.15) is 0 Å². The molecule has 25 heavy (non-hydrogen) atoms. The molecule has 0 aromatic carbocycles. The first-order chi connectivity index (χ1) is 12.1. The molecule has 8 aliphatic carbocycles. The van der Waals surface area contributed by atoms with Gasteiger partial charge in [-0.25, -0.2) is 0 Å². The molecule has 1 nitrogen and oxygen atoms in total. The van der Waals surface area contributed by atoms with Crippen molar-refractivity contribution in [3.05, 3.63) is 0 Å². The molecule has 3 heteroatoms. The van der Waals surface area contributed by atoms with E-state index in [1.807, 2.05) is 0 Å². The van der Waals surface area contributed by atoms with Crippen molar-refractivity contribution in [3.63, 3.8) is 0 Å². The minimum absolute atomic E-state index is 0.290. The van der Waals surface area contributed by atoms with Gasteiger partial charge in [0, 0.05) is 22.6 Å². The Balaban J connectivity index is 1.31. The first-order valence-electron chi connectivity index (χ1n) is 10.9. The molecule has 0 aliphatic heterocycles. The van der Waals surface area contributed by atoms with E-state index in [1.54, 1.807) is 0 Å². The first kappa shape index (κ1) is 16.5. The smallest absolute Gasteiger partial charge is 0.0675 e. The van der Waals surface area contributed by atoms with Gasteiger partial charge >= 0.3 is 0 Å². The maximum Gasteiger partial charge on any atom is 0.0675 e. The van der Waals surface area contributed by atoms with Crippen LogP contribution >= 0.6 is 23.2 Å². The van der Waals surface area contributed by atoms with Crippen LogP contribution in [-0.2, 0) is 4.74 Å². The molecule has 8 fully saturated rings. The second kappa shape index (κ2) is 5.54. The average molecular weight is 383 g/mol. The topological polar surface area (TPSA) is 9.23 Å². The van der Waals surface area contributed by atoms with Crippen LogP contribution in [0.2, 0.25) is 0 Å². The Kier molecular flexibility index (Phi) is 3.65. The van der Waals surface area contributed by atoms with Crippen molar-refractivity contribution in [2.24, 2.45) is 46.3 Å². The Bertz CT molecular complexity index is 486. The monoisotopic (exact) mass is 382 g/mol. The highest BCUT2D eigenvalue weighted by atomic mass is 35.5. The molecule has 8 aliphatic rings. The van der Waals surface area contributed by atoms with Crippen molar-refractivity contribution in [1.29, 1.82) is 0 Å². The molecule has 6 atom stereocenters. The summed E-state index contributed by atoms with van der Waals surface area (Å²) in [4.78, 5) is 0. The first-order valence-corrected chi connectivity index (χ1v) is 12.0. The lowest BCUT2D eigenvalue weighted by atomic mass is 9.47. The largest absolute Gasteiger partial charge is 0.373 e. The summed E-state index contributed by atoms with van der Waals surface area (Å²) in [6.45, 7) is 0. The van der Waals surface area contributed by atoms with Crippen LogP contribution in [0, 0.1) is 46.3 Å². The number of ether oxygens (including phenoxy) is 1. The van der Waals surface area contributed by atoms with Crippen LogP contribution in [0.3, 0.4) is 0 Å². The summed E-state index contributed by atoms with van der Waals surface area (Å²) in [6.07, 6.45) is 14.8. The van der Waals surface area contributed by atoms with E-state index in [4.69, 9.17) is 27.9 Å². The molecular formula is C22H32Cl2O. The van der Waals surface area contributed by atoms with E-state index in [9.17, 15) is 0 Å². The second-order valence-corrected chi connectivity index (χ2v) is 11.7. The molecule has 0 N–H and O–H groups in total. The lowest BCUT2D eigenvalue weighted by Gasteiger charge is -2.65. The van der Waals surface area contributed by atoms with E-state index in [0.717, 1.165) is 47.3 Å². The summed E-state index contributed by atoms with van der Waals surface area (Å²) >= 11 is 13.3. The standard InChI is InChI=1S/C22H32Cl2O/c23-11-21-7-13-1-14(8-21)4-17(3-13)19(21)25-20-18-5-15-2-16(6-18)10-22(20,9-15)12-24/h13-20H,1-12H2. The van der Waals surface area contributed by atoms with E-state index in [2.05, 4.69) is 0 Å². The van der Waals surface area contributed by atoms with Gasteiger partial charge in [-0.3, -0.25) is 0 Å². The zero-order valence-electron chi connectivity index (χ0n) is 15.3. The molecule has 8 bridgehead atoms. The quantitative estimate of drug-likeness (QED) is 0.552. The number of hydrogen-bond donors (Lipinski definition) is 0. The molecular weight excluding hydrogens is 351 g/mol. The number of hydrogen-bond acceptors (Lipinski definition) is 1. The fourth-order valence-corrected chi connectivity index (χ4v) is 10.1. The van der Waals surface area contributed by atoms with E-state index in [0.29, 0.717) is 23.0 Å².